The highest BCUT2D eigenvalue weighted by molar-refractivity contribution is 5.26. The Bertz CT molecular complexity index is 396. The number of nitrogens with one attached hydrogen (secondary N) is 1. The van der Waals surface area contributed by atoms with E-state index in [1.807, 2.05) is 0 Å². The lowest BCUT2D eigenvalue weighted by atomic mass is 10.0. The van der Waals surface area contributed by atoms with Crippen molar-refractivity contribution < 1.29 is 4.74 Å². The molecule has 1 saturated carbocycles. The molecule has 0 radical (unpaired) electrons. The highest BCUT2D eigenvalue weighted by Gasteiger charge is 2.20. The Balaban J connectivity index is 1.87. The van der Waals surface area contributed by atoms with Gasteiger partial charge in [0, 0.05) is 6.04 Å². The molecular formula is C17H27NO. The van der Waals surface area contributed by atoms with Crippen molar-refractivity contribution in [2.24, 2.45) is 0 Å². The number of hydrogen-bond acceptors (Lipinski definition) is 2. The molecule has 1 N–H and O–H groups in total. The molecule has 1 aromatic rings. The van der Waals surface area contributed by atoms with E-state index >= 15 is 0 Å². The zero-order valence-corrected chi connectivity index (χ0v) is 12.5. The highest BCUT2D eigenvalue weighted by Crippen LogP contribution is 2.20. The van der Waals surface area contributed by atoms with Crippen molar-refractivity contribution in [2.45, 2.75) is 64.7 Å². The number of hydrogen-bond donors (Lipinski definition) is 1. The molecule has 0 spiro atoms. The molecule has 0 heterocycles. The molecule has 1 aliphatic carbocycles. The van der Waals surface area contributed by atoms with Gasteiger partial charge in [-0.05, 0) is 57.2 Å². The lowest BCUT2D eigenvalue weighted by molar-refractivity contribution is -0.0318. The molecule has 0 aliphatic heterocycles. The first kappa shape index (κ1) is 14.5. The summed E-state index contributed by atoms with van der Waals surface area (Å²) in [6, 6.07) is 9.45. The first-order chi connectivity index (χ1) is 9.11. The number of rotatable bonds is 8. The van der Waals surface area contributed by atoms with Crippen LogP contribution < -0.4 is 5.32 Å². The molecule has 2 heteroatoms. The maximum atomic E-state index is 6.02. The Labute approximate surface area is 117 Å². The number of benzene rings is 1. The van der Waals surface area contributed by atoms with Gasteiger partial charge < -0.3 is 10.1 Å². The Hall–Kier alpha value is -0.860. The van der Waals surface area contributed by atoms with Gasteiger partial charge in [0.25, 0.3) is 0 Å². The van der Waals surface area contributed by atoms with Crippen LogP contribution in [0.5, 0.6) is 0 Å². The summed E-state index contributed by atoms with van der Waals surface area (Å²) in [7, 11) is 0. The van der Waals surface area contributed by atoms with Crippen LogP contribution in [0.2, 0.25) is 0 Å². The minimum absolute atomic E-state index is 0.0284. The third kappa shape index (κ3) is 4.96. The fraction of sp³-hybridized carbons (Fsp3) is 0.647. The van der Waals surface area contributed by atoms with Gasteiger partial charge in [-0.15, -0.1) is 0 Å². The van der Waals surface area contributed by atoms with Crippen LogP contribution in [0.4, 0.5) is 0 Å². The van der Waals surface area contributed by atoms with Gasteiger partial charge in [0.2, 0.25) is 0 Å². The Kier molecular flexibility index (Phi) is 5.00. The van der Waals surface area contributed by atoms with E-state index in [4.69, 9.17) is 4.74 Å². The van der Waals surface area contributed by atoms with E-state index in [-0.39, 0.29) is 5.60 Å². The second-order valence-corrected chi connectivity index (χ2v) is 6.15. The minimum atomic E-state index is -0.0284. The van der Waals surface area contributed by atoms with Crippen LogP contribution in [0.3, 0.4) is 0 Å². The second-order valence-electron chi connectivity index (χ2n) is 6.15. The summed E-state index contributed by atoms with van der Waals surface area (Å²) in [5.41, 5.74) is 2.73. The van der Waals surface area contributed by atoms with Gasteiger partial charge in [-0.25, -0.2) is 0 Å². The van der Waals surface area contributed by atoms with Crippen LogP contribution in [0, 0.1) is 0 Å². The summed E-state index contributed by atoms with van der Waals surface area (Å²) in [5, 5.41) is 3.57. The van der Waals surface area contributed by atoms with Gasteiger partial charge in [-0.1, -0.05) is 31.2 Å². The van der Waals surface area contributed by atoms with E-state index in [0.717, 1.165) is 32.0 Å². The van der Waals surface area contributed by atoms with Crippen molar-refractivity contribution in [3.8, 4) is 0 Å². The zero-order valence-electron chi connectivity index (χ0n) is 12.5. The lowest BCUT2D eigenvalue weighted by Crippen LogP contribution is -2.23. The fourth-order valence-corrected chi connectivity index (χ4v) is 2.02. The molecule has 0 saturated heterocycles. The van der Waals surface area contributed by atoms with E-state index < -0.39 is 0 Å². The van der Waals surface area contributed by atoms with Gasteiger partial charge in [0.1, 0.15) is 0 Å². The van der Waals surface area contributed by atoms with Crippen molar-refractivity contribution >= 4 is 0 Å². The predicted molar refractivity (Wildman–Crippen MR) is 80.3 cm³/mol. The molecule has 2 rings (SSSR count). The average molecular weight is 261 g/mol. The van der Waals surface area contributed by atoms with Crippen molar-refractivity contribution in [2.75, 3.05) is 6.54 Å². The van der Waals surface area contributed by atoms with Crippen molar-refractivity contribution in [3.05, 3.63) is 35.4 Å². The van der Waals surface area contributed by atoms with Crippen LogP contribution >= 0.6 is 0 Å². The SMILES string of the molecule is CCC(C)(C)OCc1ccccc1CCNC1CC1. The maximum absolute atomic E-state index is 6.02. The van der Waals surface area contributed by atoms with Crippen molar-refractivity contribution in [1.29, 1.82) is 0 Å². The molecule has 0 unspecified atom stereocenters. The lowest BCUT2D eigenvalue weighted by Gasteiger charge is -2.24. The smallest absolute Gasteiger partial charge is 0.0726 e. The van der Waals surface area contributed by atoms with E-state index in [9.17, 15) is 0 Å². The molecular weight excluding hydrogens is 234 g/mol. The molecule has 0 amide bonds. The highest BCUT2D eigenvalue weighted by atomic mass is 16.5. The van der Waals surface area contributed by atoms with Gasteiger partial charge in [0.15, 0.2) is 0 Å². The predicted octanol–water partition coefficient (Wildman–Crippen LogP) is 3.69. The Morgan fingerprint density at radius 1 is 1.21 bits per heavy atom. The van der Waals surface area contributed by atoms with E-state index in [1.165, 1.54) is 24.0 Å². The summed E-state index contributed by atoms with van der Waals surface area (Å²) in [5.74, 6) is 0. The molecule has 1 aromatic carbocycles. The molecule has 1 aliphatic rings. The first-order valence-electron chi connectivity index (χ1n) is 7.55. The maximum Gasteiger partial charge on any atom is 0.0726 e. The topological polar surface area (TPSA) is 21.3 Å². The summed E-state index contributed by atoms with van der Waals surface area (Å²) < 4.78 is 6.02. The summed E-state index contributed by atoms with van der Waals surface area (Å²) in [6.45, 7) is 8.29. The number of ether oxygens (including phenoxy) is 1. The Morgan fingerprint density at radius 2 is 1.89 bits per heavy atom. The first-order valence-corrected chi connectivity index (χ1v) is 7.55. The zero-order chi connectivity index (χ0) is 13.7. The summed E-state index contributed by atoms with van der Waals surface area (Å²) in [6.07, 6.45) is 4.85. The monoisotopic (exact) mass is 261 g/mol. The van der Waals surface area contributed by atoms with Crippen LogP contribution in [-0.2, 0) is 17.8 Å². The van der Waals surface area contributed by atoms with Crippen molar-refractivity contribution in [3.63, 3.8) is 0 Å². The quantitative estimate of drug-likeness (QED) is 0.770. The third-order valence-corrected chi connectivity index (χ3v) is 3.99. The standard InChI is InChI=1S/C17H27NO/c1-4-17(2,3)19-13-15-8-6-5-7-14(15)11-12-18-16-9-10-16/h5-8,16,18H,4,9-13H2,1-3H3. The minimum Gasteiger partial charge on any atom is -0.371 e. The van der Waals surface area contributed by atoms with E-state index in [1.54, 1.807) is 0 Å². The van der Waals surface area contributed by atoms with Gasteiger partial charge in [-0.2, -0.15) is 0 Å². The molecule has 19 heavy (non-hydrogen) atoms. The second kappa shape index (κ2) is 6.53. The molecule has 0 atom stereocenters. The largest absolute Gasteiger partial charge is 0.371 e. The normalized spacial score (nSPS) is 15.7. The Morgan fingerprint density at radius 3 is 2.53 bits per heavy atom. The molecule has 0 bridgehead atoms. The van der Waals surface area contributed by atoms with Gasteiger partial charge in [-0.3, -0.25) is 0 Å². The molecule has 0 aromatic heterocycles. The van der Waals surface area contributed by atoms with Crippen LogP contribution in [0.25, 0.3) is 0 Å². The molecule has 2 nitrogen and oxygen atoms in total. The van der Waals surface area contributed by atoms with Crippen LogP contribution in [0.1, 0.15) is 51.2 Å². The van der Waals surface area contributed by atoms with E-state index in [0.29, 0.717) is 0 Å². The summed E-state index contributed by atoms with van der Waals surface area (Å²) in [4.78, 5) is 0. The van der Waals surface area contributed by atoms with E-state index in [2.05, 4.69) is 50.4 Å². The van der Waals surface area contributed by atoms with Crippen LogP contribution in [-0.4, -0.2) is 18.2 Å². The fourth-order valence-electron chi connectivity index (χ4n) is 2.02. The average Bonchev–Trinajstić information content (AvgIpc) is 3.22. The third-order valence-electron chi connectivity index (χ3n) is 3.99. The van der Waals surface area contributed by atoms with Gasteiger partial charge in [0.05, 0.1) is 12.2 Å². The van der Waals surface area contributed by atoms with Crippen LogP contribution in [0.15, 0.2) is 24.3 Å². The van der Waals surface area contributed by atoms with Crippen molar-refractivity contribution in [1.82, 2.24) is 5.32 Å². The van der Waals surface area contributed by atoms with Gasteiger partial charge >= 0.3 is 0 Å². The summed E-state index contributed by atoms with van der Waals surface area (Å²) >= 11 is 0. The molecule has 1 fully saturated rings. The molecule has 106 valence electrons.